The molecule has 1 atom stereocenters. The lowest BCUT2D eigenvalue weighted by atomic mass is 10.2. The van der Waals surface area contributed by atoms with Crippen LogP contribution < -0.4 is 0 Å². The zero-order valence-electron chi connectivity index (χ0n) is 14.3. The Morgan fingerprint density at radius 1 is 0.913 bits per heavy atom. The van der Waals surface area contributed by atoms with Crippen LogP contribution in [-0.2, 0) is 22.7 Å². The SMILES string of the molecule is CCOP(OCC)C(c1ccccc1)P(=O)(OCC)OCC.[B]. The smallest absolute Gasteiger partial charge is 0.333 e. The van der Waals surface area contributed by atoms with Gasteiger partial charge in [-0.2, -0.15) is 0 Å². The highest BCUT2D eigenvalue weighted by Crippen LogP contribution is 2.74. The minimum absolute atomic E-state index is 0. The van der Waals surface area contributed by atoms with Crippen molar-refractivity contribution in [3.05, 3.63) is 35.9 Å². The third kappa shape index (κ3) is 6.66. The lowest BCUT2D eigenvalue weighted by Gasteiger charge is -2.31. The van der Waals surface area contributed by atoms with Crippen LogP contribution in [-0.4, -0.2) is 34.8 Å². The summed E-state index contributed by atoms with van der Waals surface area (Å²) in [5.41, 5.74) is 0.848. The van der Waals surface area contributed by atoms with Gasteiger partial charge in [0.2, 0.25) is 0 Å². The lowest BCUT2D eigenvalue weighted by Crippen LogP contribution is -2.09. The Kier molecular flexibility index (Phi) is 12.1. The van der Waals surface area contributed by atoms with Gasteiger partial charge in [-0.15, -0.1) is 0 Å². The summed E-state index contributed by atoms with van der Waals surface area (Å²) < 4.78 is 35.9. The second kappa shape index (κ2) is 12.2. The van der Waals surface area contributed by atoms with E-state index in [0.29, 0.717) is 26.4 Å². The van der Waals surface area contributed by atoms with E-state index in [0.717, 1.165) is 5.56 Å². The molecule has 0 N–H and O–H groups in total. The monoisotopic (exact) mass is 359 g/mol. The van der Waals surface area contributed by atoms with Gasteiger partial charge in [-0.1, -0.05) is 30.3 Å². The van der Waals surface area contributed by atoms with Gasteiger partial charge in [-0.05, 0) is 33.3 Å². The van der Waals surface area contributed by atoms with Crippen molar-refractivity contribution in [2.45, 2.75) is 33.1 Å². The highest BCUT2D eigenvalue weighted by atomic mass is 31.2. The van der Waals surface area contributed by atoms with Gasteiger partial charge in [-0.3, -0.25) is 4.57 Å². The summed E-state index contributed by atoms with van der Waals surface area (Å²) in [6.45, 7) is 8.96. The predicted molar refractivity (Wildman–Crippen MR) is 96.0 cm³/mol. The fourth-order valence-corrected chi connectivity index (χ4v) is 6.64. The first-order valence-corrected chi connectivity index (χ1v) is 10.5. The molecule has 0 spiro atoms. The van der Waals surface area contributed by atoms with Crippen LogP contribution in [0.4, 0.5) is 0 Å². The largest absolute Gasteiger partial charge is 0.347 e. The van der Waals surface area contributed by atoms with Crippen LogP contribution >= 0.6 is 16.0 Å². The van der Waals surface area contributed by atoms with Crippen molar-refractivity contribution < 1.29 is 22.7 Å². The highest BCUT2D eigenvalue weighted by Gasteiger charge is 2.44. The van der Waals surface area contributed by atoms with Crippen LogP contribution in [0, 0.1) is 0 Å². The molecule has 0 bridgehead atoms. The van der Waals surface area contributed by atoms with E-state index in [9.17, 15) is 4.57 Å². The van der Waals surface area contributed by atoms with Crippen molar-refractivity contribution >= 4 is 24.4 Å². The Bertz CT molecular complexity index is 444. The Balaban J connectivity index is 0.00000484. The summed E-state index contributed by atoms with van der Waals surface area (Å²) in [5.74, 6) is 0. The quantitative estimate of drug-likeness (QED) is 0.413. The van der Waals surface area contributed by atoms with Crippen LogP contribution in [0.5, 0.6) is 0 Å². The van der Waals surface area contributed by atoms with E-state index in [1.54, 1.807) is 13.8 Å². The number of hydrogen-bond acceptors (Lipinski definition) is 5. The molecular weight excluding hydrogens is 333 g/mol. The molecule has 8 heteroatoms. The molecule has 0 fully saturated rings. The summed E-state index contributed by atoms with van der Waals surface area (Å²) >= 11 is 0. The zero-order valence-corrected chi connectivity index (χ0v) is 16.1. The van der Waals surface area contributed by atoms with Crippen LogP contribution in [0.1, 0.15) is 38.7 Å². The molecule has 3 radical (unpaired) electrons. The van der Waals surface area contributed by atoms with Crippen molar-refractivity contribution in [2.75, 3.05) is 26.4 Å². The van der Waals surface area contributed by atoms with E-state index >= 15 is 0 Å². The van der Waals surface area contributed by atoms with Crippen molar-refractivity contribution in [2.24, 2.45) is 0 Å². The van der Waals surface area contributed by atoms with Gasteiger partial charge in [0.05, 0.1) is 26.4 Å². The number of benzene rings is 1. The van der Waals surface area contributed by atoms with Crippen molar-refractivity contribution in [3.8, 4) is 0 Å². The van der Waals surface area contributed by atoms with Crippen LogP contribution in [0.3, 0.4) is 0 Å². The van der Waals surface area contributed by atoms with E-state index in [2.05, 4.69) is 0 Å². The first kappa shape index (κ1) is 22.8. The van der Waals surface area contributed by atoms with Crippen molar-refractivity contribution in [3.63, 3.8) is 0 Å². The third-order valence-electron chi connectivity index (χ3n) is 2.73. The van der Waals surface area contributed by atoms with Crippen LogP contribution in [0.25, 0.3) is 0 Å². The molecule has 0 aliphatic carbocycles. The molecular formula is C15H26BO5P2. The second-order valence-corrected chi connectivity index (χ2v) is 8.40. The maximum atomic E-state index is 13.3. The van der Waals surface area contributed by atoms with Gasteiger partial charge in [0.15, 0.2) is 13.8 Å². The Labute approximate surface area is 143 Å². The maximum Gasteiger partial charge on any atom is 0.347 e. The summed E-state index contributed by atoms with van der Waals surface area (Å²) in [6.07, 6.45) is 0. The first-order valence-electron chi connectivity index (χ1n) is 7.61. The Morgan fingerprint density at radius 3 is 1.78 bits per heavy atom. The summed E-state index contributed by atoms with van der Waals surface area (Å²) in [5, 5.41) is -0.552. The normalized spacial score (nSPS) is 12.9. The highest BCUT2D eigenvalue weighted by molar-refractivity contribution is 7.69. The average Bonchev–Trinajstić information content (AvgIpc) is 2.49. The van der Waals surface area contributed by atoms with E-state index in [1.807, 2.05) is 44.2 Å². The summed E-state index contributed by atoms with van der Waals surface area (Å²) in [4.78, 5) is 0. The first-order chi connectivity index (χ1) is 10.6. The van der Waals surface area contributed by atoms with Gasteiger partial charge in [0.1, 0.15) is 0 Å². The zero-order chi connectivity index (χ0) is 16.4. The molecule has 23 heavy (non-hydrogen) atoms. The molecule has 0 amide bonds. The molecule has 0 saturated heterocycles. The molecule has 0 aliphatic heterocycles. The average molecular weight is 359 g/mol. The third-order valence-corrected chi connectivity index (χ3v) is 8.00. The maximum absolute atomic E-state index is 13.3. The summed E-state index contributed by atoms with van der Waals surface area (Å²) in [6, 6.07) is 9.52. The lowest BCUT2D eigenvalue weighted by molar-refractivity contribution is 0.211. The molecule has 1 aromatic carbocycles. The molecule has 1 rings (SSSR count). The summed E-state index contributed by atoms with van der Waals surface area (Å²) in [7, 11) is -4.81. The minimum Gasteiger partial charge on any atom is -0.333 e. The molecule has 1 unspecified atom stereocenters. The molecule has 0 aromatic heterocycles. The second-order valence-electron chi connectivity index (χ2n) is 4.28. The van der Waals surface area contributed by atoms with E-state index in [1.165, 1.54) is 0 Å². The van der Waals surface area contributed by atoms with Crippen molar-refractivity contribution in [1.82, 2.24) is 0 Å². The number of rotatable bonds is 11. The van der Waals surface area contributed by atoms with E-state index < -0.39 is 21.4 Å². The van der Waals surface area contributed by atoms with Crippen LogP contribution in [0.15, 0.2) is 30.3 Å². The van der Waals surface area contributed by atoms with E-state index in [4.69, 9.17) is 18.1 Å². The van der Waals surface area contributed by atoms with Crippen molar-refractivity contribution in [1.29, 1.82) is 0 Å². The Morgan fingerprint density at radius 2 is 1.39 bits per heavy atom. The Hall–Kier alpha value is -0.215. The topological polar surface area (TPSA) is 54.0 Å². The molecule has 1 aromatic rings. The van der Waals surface area contributed by atoms with E-state index in [-0.39, 0.29) is 8.41 Å². The molecule has 0 aliphatic rings. The minimum atomic E-state index is -3.39. The fraction of sp³-hybridized carbons (Fsp3) is 0.600. The van der Waals surface area contributed by atoms with Gasteiger partial charge in [0, 0.05) is 8.41 Å². The fourth-order valence-electron chi connectivity index (χ4n) is 2.02. The number of hydrogen-bond donors (Lipinski definition) is 0. The molecule has 0 saturated carbocycles. The molecule has 5 nitrogen and oxygen atoms in total. The molecule has 0 heterocycles. The van der Waals surface area contributed by atoms with Gasteiger partial charge >= 0.3 is 7.60 Å². The molecule has 129 valence electrons. The predicted octanol–water partition coefficient (Wildman–Crippen LogP) is 4.96. The van der Waals surface area contributed by atoms with Gasteiger partial charge in [0.25, 0.3) is 0 Å². The standard InChI is InChI=1S/C15H26O5P2.B/c1-5-17-21(18-6-2)15(14-12-10-9-11-13-14)22(16,19-7-3)20-8-4;/h9-13,15H,5-8H2,1-4H3;. The van der Waals surface area contributed by atoms with Gasteiger partial charge < -0.3 is 18.1 Å². The van der Waals surface area contributed by atoms with Crippen LogP contribution in [0.2, 0.25) is 0 Å². The van der Waals surface area contributed by atoms with Gasteiger partial charge in [-0.25, -0.2) is 0 Å².